The Kier molecular flexibility index (Phi) is 5.14. The third-order valence-corrected chi connectivity index (χ3v) is 4.01. The Balaban J connectivity index is 1.73. The van der Waals surface area contributed by atoms with Gasteiger partial charge in [0.25, 0.3) is 5.91 Å². The van der Waals surface area contributed by atoms with Crippen molar-refractivity contribution in [1.82, 2.24) is 10.2 Å². The highest BCUT2D eigenvalue weighted by atomic mass is 32.1. The number of morpholine rings is 1. The fraction of sp³-hybridized carbons (Fsp3) is 0.571. The number of carbonyl (C=O) groups is 2. The first kappa shape index (κ1) is 15.0. The zero-order valence-corrected chi connectivity index (χ0v) is 12.6. The summed E-state index contributed by atoms with van der Waals surface area (Å²) in [5, 5.41) is 4.63. The molecule has 2 amide bonds. The second-order valence-corrected chi connectivity index (χ2v) is 5.99. The molecule has 1 aromatic heterocycles. The molecule has 2 heterocycles. The van der Waals surface area contributed by atoms with E-state index >= 15 is 0 Å². The summed E-state index contributed by atoms with van der Waals surface area (Å²) in [5.74, 6) is -0.0463. The van der Waals surface area contributed by atoms with E-state index in [9.17, 15) is 9.59 Å². The van der Waals surface area contributed by atoms with Crippen LogP contribution in [0.1, 0.15) is 29.9 Å². The van der Waals surface area contributed by atoms with Gasteiger partial charge in [-0.3, -0.25) is 9.59 Å². The number of hydrogen-bond acceptors (Lipinski definition) is 4. The molecule has 1 aromatic rings. The maximum absolute atomic E-state index is 12.1. The quantitative estimate of drug-likeness (QED) is 0.916. The van der Waals surface area contributed by atoms with Gasteiger partial charge in [-0.2, -0.15) is 0 Å². The molecule has 2 unspecified atom stereocenters. The molecule has 0 radical (unpaired) electrons. The first-order chi connectivity index (χ1) is 9.56. The maximum atomic E-state index is 12.1. The van der Waals surface area contributed by atoms with Gasteiger partial charge in [0.2, 0.25) is 5.91 Å². The fourth-order valence-corrected chi connectivity index (χ4v) is 2.96. The van der Waals surface area contributed by atoms with E-state index in [4.69, 9.17) is 4.74 Å². The summed E-state index contributed by atoms with van der Waals surface area (Å²) < 4.78 is 5.60. The van der Waals surface area contributed by atoms with Crippen LogP contribution in [0.2, 0.25) is 0 Å². The van der Waals surface area contributed by atoms with Gasteiger partial charge in [-0.15, -0.1) is 11.3 Å². The molecule has 6 heteroatoms. The number of rotatable bonds is 4. The molecule has 0 aliphatic carbocycles. The lowest BCUT2D eigenvalue weighted by atomic mass is 10.2. The van der Waals surface area contributed by atoms with E-state index in [1.54, 1.807) is 6.07 Å². The molecule has 1 N–H and O–H groups in total. The van der Waals surface area contributed by atoms with Crippen molar-refractivity contribution in [3.8, 4) is 0 Å². The first-order valence-electron chi connectivity index (χ1n) is 6.81. The Bertz CT molecular complexity index is 451. The Morgan fingerprint density at radius 1 is 1.40 bits per heavy atom. The summed E-state index contributed by atoms with van der Waals surface area (Å²) in [5.41, 5.74) is 0. The van der Waals surface area contributed by atoms with Gasteiger partial charge >= 0.3 is 0 Å². The molecule has 2 atom stereocenters. The monoisotopic (exact) mass is 296 g/mol. The minimum absolute atomic E-state index is 0.0680. The van der Waals surface area contributed by atoms with Crippen molar-refractivity contribution in [3.63, 3.8) is 0 Å². The van der Waals surface area contributed by atoms with E-state index < -0.39 is 0 Å². The van der Waals surface area contributed by atoms with Crippen molar-refractivity contribution in [1.29, 1.82) is 0 Å². The number of nitrogens with zero attached hydrogens (tertiary/aromatic N) is 1. The summed E-state index contributed by atoms with van der Waals surface area (Å²) >= 11 is 1.39. The molecule has 110 valence electrons. The van der Waals surface area contributed by atoms with Crippen LogP contribution in [0.3, 0.4) is 0 Å². The Morgan fingerprint density at radius 3 is 2.70 bits per heavy atom. The Morgan fingerprint density at radius 2 is 2.10 bits per heavy atom. The molecule has 1 aliphatic rings. The van der Waals surface area contributed by atoms with Crippen LogP contribution in [-0.4, -0.2) is 48.6 Å². The standard InChI is InChI=1S/C14H20N2O3S/c1-10-8-16(9-11(2)19-10)13(17)5-6-15-14(18)12-4-3-7-20-12/h3-4,7,10-11H,5-6,8-9H2,1-2H3,(H,15,18). The van der Waals surface area contributed by atoms with Gasteiger partial charge in [0.05, 0.1) is 17.1 Å². The van der Waals surface area contributed by atoms with Gasteiger partial charge in [0, 0.05) is 26.1 Å². The molecule has 0 saturated carbocycles. The smallest absolute Gasteiger partial charge is 0.261 e. The van der Waals surface area contributed by atoms with E-state index in [-0.39, 0.29) is 24.0 Å². The topological polar surface area (TPSA) is 58.6 Å². The van der Waals surface area contributed by atoms with Crippen LogP contribution < -0.4 is 5.32 Å². The van der Waals surface area contributed by atoms with Crippen molar-refractivity contribution in [2.24, 2.45) is 0 Å². The van der Waals surface area contributed by atoms with E-state index in [1.165, 1.54) is 11.3 Å². The van der Waals surface area contributed by atoms with Crippen molar-refractivity contribution in [3.05, 3.63) is 22.4 Å². The van der Waals surface area contributed by atoms with Crippen LogP contribution in [0, 0.1) is 0 Å². The zero-order chi connectivity index (χ0) is 14.5. The predicted molar refractivity (Wildman–Crippen MR) is 77.9 cm³/mol. The number of thiophene rings is 1. The van der Waals surface area contributed by atoms with Gasteiger partial charge in [0.1, 0.15) is 0 Å². The molecule has 0 bridgehead atoms. The van der Waals surface area contributed by atoms with Crippen LogP contribution in [0.25, 0.3) is 0 Å². The van der Waals surface area contributed by atoms with Crippen molar-refractivity contribution >= 4 is 23.2 Å². The number of amides is 2. The Labute approximate surface area is 122 Å². The average Bonchev–Trinajstić information content (AvgIpc) is 2.91. The van der Waals surface area contributed by atoms with Gasteiger partial charge < -0.3 is 15.0 Å². The highest BCUT2D eigenvalue weighted by Gasteiger charge is 2.25. The van der Waals surface area contributed by atoms with Crippen LogP contribution in [0.5, 0.6) is 0 Å². The lowest BCUT2D eigenvalue weighted by Crippen LogP contribution is -2.48. The second kappa shape index (κ2) is 6.85. The van der Waals surface area contributed by atoms with Crippen LogP contribution in [0.4, 0.5) is 0 Å². The van der Waals surface area contributed by atoms with Crippen LogP contribution >= 0.6 is 11.3 Å². The lowest BCUT2D eigenvalue weighted by Gasteiger charge is -2.35. The molecule has 5 nitrogen and oxygen atoms in total. The van der Waals surface area contributed by atoms with Gasteiger partial charge in [-0.25, -0.2) is 0 Å². The summed E-state index contributed by atoms with van der Waals surface area (Å²) in [4.78, 5) is 26.3. The molecule has 1 fully saturated rings. The molecular weight excluding hydrogens is 276 g/mol. The molecular formula is C14H20N2O3S. The third kappa shape index (κ3) is 4.05. The molecule has 0 aromatic carbocycles. The minimum Gasteiger partial charge on any atom is -0.372 e. The van der Waals surface area contributed by atoms with E-state index in [0.717, 1.165) is 0 Å². The highest BCUT2D eigenvalue weighted by molar-refractivity contribution is 7.12. The van der Waals surface area contributed by atoms with Crippen molar-refractivity contribution in [2.45, 2.75) is 32.5 Å². The largest absolute Gasteiger partial charge is 0.372 e. The average molecular weight is 296 g/mol. The molecule has 1 aliphatic heterocycles. The summed E-state index contributed by atoms with van der Waals surface area (Å²) in [7, 11) is 0. The Hall–Kier alpha value is -1.40. The van der Waals surface area contributed by atoms with Crippen molar-refractivity contribution < 1.29 is 14.3 Å². The number of ether oxygens (including phenoxy) is 1. The van der Waals surface area contributed by atoms with Crippen molar-refractivity contribution in [2.75, 3.05) is 19.6 Å². The molecule has 0 spiro atoms. The van der Waals surface area contributed by atoms with Gasteiger partial charge in [-0.1, -0.05) is 6.07 Å². The van der Waals surface area contributed by atoms with Gasteiger partial charge in [0.15, 0.2) is 0 Å². The summed E-state index contributed by atoms with van der Waals surface area (Å²) in [6.45, 7) is 5.56. The fourth-order valence-electron chi connectivity index (χ4n) is 2.32. The molecule has 1 saturated heterocycles. The first-order valence-corrected chi connectivity index (χ1v) is 7.69. The SMILES string of the molecule is CC1CN(C(=O)CCNC(=O)c2cccs2)CC(C)O1. The van der Waals surface area contributed by atoms with E-state index in [1.807, 2.05) is 30.2 Å². The van der Waals surface area contributed by atoms with Crippen LogP contribution in [0.15, 0.2) is 17.5 Å². The van der Waals surface area contributed by atoms with E-state index in [2.05, 4.69) is 5.32 Å². The maximum Gasteiger partial charge on any atom is 0.261 e. The summed E-state index contributed by atoms with van der Waals surface area (Å²) in [6, 6.07) is 3.61. The zero-order valence-electron chi connectivity index (χ0n) is 11.8. The minimum atomic E-state index is -0.114. The predicted octanol–water partition coefficient (Wildman–Crippen LogP) is 1.50. The molecule has 20 heavy (non-hydrogen) atoms. The molecule has 2 rings (SSSR count). The van der Waals surface area contributed by atoms with Gasteiger partial charge in [-0.05, 0) is 25.3 Å². The number of carbonyl (C=O) groups excluding carboxylic acids is 2. The summed E-state index contributed by atoms with van der Waals surface area (Å²) in [6.07, 6.45) is 0.475. The number of hydrogen-bond donors (Lipinski definition) is 1. The van der Waals surface area contributed by atoms with E-state index in [0.29, 0.717) is 30.9 Å². The second-order valence-electron chi connectivity index (χ2n) is 5.04. The third-order valence-electron chi connectivity index (χ3n) is 3.14. The highest BCUT2D eigenvalue weighted by Crippen LogP contribution is 2.12. The van der Waals surface area contributed by atoms with Crippen LogP contribution in [-0.2, 0) is 9.53 Å². The number of nitrogens with one attached hydrogen (secondary N) is 1. The normalized spacial score (nSPS) is 22.6. The lowest BCUT2D eigenvalue weighted by molar-refractivity contribution is -0.143.